The topological polar surface area (TPSA) is 84.2 Å². The summed E-state index contributed by atoms with van der Waals surface area (Å²) in [5, 5.41) is 0. The highest BCUT2D eigenvalue weighted by molar-refractivity contribution is 7.90. The molecule has 0 aromatic heterocycles. The fourth-order valence-corrected chi connectivity index (χ4v) is 2.62. The average Bonchev–Trinajstić information content (AvgIpc) is 2.06. The Hall–Kier alpha value is -1.27. The minimum atomic E-state index is -3.56. The largest absolute Gasteiger partial charge is 0.399 e. The molecule has 0 bridgehead atoms. The van der Waals surface area contributed by atoms with Crippen molar-refractivity contribution in [3.63, 3.8) is 0 Å². The van der Waals surface area contributed by atoms with Gasteiger partial charge < -0.3 is 5.73 Å². The van der Waals surface area contributed by atoms with Crippen LogP contribution >= 0.6 is 0 Å². The van der Waals surface area contributed by atoms with Crippen LogP contribution in [0.2, 0.25) is 0 Å². The third-order valence-electron chi connectivity index (χ3n) is 1.96. The van der Waals surface area contributed by atoms with Crippen molar-refractivity contribution in [2.45, 2.75) is 33.2 Å². The second kappa shape index (κ2) is 4.54. The molecule has 0 aliphatic rings. The predicted molar refractivity (Wildman–Crippen MR) is 71.0 cm³/mol. The Morgan fingerprint density at radius 1 is 1.24 bits per heavy atom. The summed E-state index contributed by atoms with van der Waals surface area (Å²) in [5.74, 6) is 0. The van der Waals surface area contributed by atoms with Gasteiger partial charge in [0.05, 0.1) is 5.69 Å². The second-order valence-electron chi connectivity index (χ2n) is 5.03. The minimum Gasteiger partial charge on any atom is -0.399 e. The third-order valence-corrected chi connectivity index (χ3v) is 3.35. The van der Waals surface area contributed by atoms with Crippen molar-refractivity contribution in [3.8, 4) is 0 Å². The van der Waals surface area contributed by atoms with Crippen LogP contribution in [0.5, 0.6) is 0 Å². The van der Waals surface area contributed by atoms with E-state index in [1.54, 1.807) is 39.0 Å². The van der Waals surface area contributed by atoms with E-state index in [1.165, 1.54) is 0 Å². The Kier molecular flexibility index (Phi) is 3.68. The van der Waals surface area contributed by atoms with Crippen molar-refractivity contribution in [3.05, 3.63) is 23.8 Å². The van der Waals surface area contributed by atoms with Gasteiger partial charge in [-0.3, -0.25) is 4.72 Å². The molecule has 0 atom stereocenters. The van der Waals surface area contributed by atoms with Gasteiger partial charge in [0.1, 0.15) is 0 Å². The Morgan fingerprint density at radius 2 is 1.82 bits per heavy atom. The molecule has 1 aromatic rings. The first kappa shape index (κ1) is 13.8. The number of nitrogens with two attached hydrogens (primary N) is 1. The van der Waals surface area contributed by atoms with Crippen LogP contribution in [0, 0.1) is 6.92 Å². The Labute approximate surface area is 103 Å². The van der Waals surface area contributed by atoms with E-state index < -0.39 is 15.7 Å². The van der Waals surface area contributed by atoms with Gasteiger partial charge in [0.15, 0.2) is 0 Å². The van der Waals surface area contributed by atoms with Gasteiger partial charge in [0, 0.05) is 11.2 Å². The van der Waals surface area contributed by atoms with Crippen molar-refractivity contribution in [1.82, 2.24) is 4.72 Å². The van der Waals surface area contributed by atoms with Crippen LogP contribution in [0.15, 0.2) is 18.2 Å². The van der Waals surface area contributed by atoms with Crippen molar-refractivity contribution in [1.29, 1.82) is 0 Å². The van der Waals surface area contributed by atoms with Gasteiger partial charge in [0.2, 0.25) is 0 Å². The molecule has 0 spiro atoms. The maximum atomic E-state index is 11.8. The Bertz CT molecular complexity index is 504. The van der Waals surface area contributed by atoms with E-state index in [9.17, 15) is 8.42 Å². The van der Waals surface area contributed by atoms with Crippen molar-refractivity contribution >= 4 is 21.6 Å². The second-order valence-corrected chi connectivity index (χ2v) is 6.44. The van der Waals surface area contributed by atoms with Gasteiger partial charge in [-0.05, 0) is 51.5 Å². The van der Waals surface area contributed by atoms with E-state index >= 15 is 0 Å². The highest BCUT2D eigenvalue weighted by Crippen LogP contribution is 2.17. The van der Waals surface area contributed by atoms with E-state index in [1.807, 2.05) is 6.92 Å². The maximum absolute atomic E-state index is 11.8. The number of hydrogen-bond acceptors (Lipinski definition) is 3. The van der Waals surface area contributed by atoms with E-state index in [-0.39, 0.29) is 0 Å². The van der Waals surface area contributed by atoms with Crippen molar-refractivity contribution in [2.75, 3.05) is 10.5 Å². The molecule has 0 amide bonds. The van der Waals surface area contributed by atoms with Gasteiger partial charge in [-0.15, -0.1) is 0 Å². The Balaban J connectivity index is 2.87. The molecule has 0 radical (unpaired) electrons. The van der Waals surface area contributed by atoms with Gasteiger partial charge in [-0.1, -0.05) is 0 Å². The molecule has 0 heterocycles. The summed E-state index contributed by atoms with van der Waals surface area (Å²) in [6.45, 7) is 7.16. The summed E-state index contributed by atoms with van der Waals surface area (Å²) in [6, 6.07) is 4.99. The summed E-state index contributed by atoms with van der Waals surface area (Å²) in [4.78, 5) is 0. The zero-order valence-corrected chi connectivity index (χ0v) is 11.4. The first-order valence-electron chi connectivity index (χ1n) is 5.27. The summed E-state index contributed by atoms with van der Waals surface area (Å²) < 4.78 is 28.5. The molecular formula is C11H19N3O2S. The predicted octanol–water partition coefficient (Wildman–Crippen LogP) is 1.62. The molecule has 0 fully saturated rings. The molecule has 17 heavy (non-hydrogen) atoms. The Morgan fingerprint density at radius 3 is 2.29 bits per heavy atom. The van der Waals surface area contributed by atoms with E-state index in [0.29, 0.717) is 11.4 Å². The van der Waals surface area contributed by atoms with Crippen LogP contribution in [0.25, 0.3) is 0 Å². The third kappa shape index (κ3) is 4.62. The van der Waals surface area contributed by atoms with Gasteiger partial charge >= 0.3 is 0 Å². The standard InChI is InChI=1S/C11H19N3O2S/c1-8-7-9(5-6-10(8)12)13-17(15,16)14-11(2,3)4/h5-7,13-14H,12H2,1-4H3. The molecule has 0 saturated carbocycles. The van der Waals surface area contributed by atoms with Crippen LogP contribution in [-0.4, -0.2) is 14.0 Å². The summed E-state index contributed by atoms with van der Waals surface area (Å²) >= 11 is 0. The zero-order valence-electron chi connectivity index (χ0n) is 10.5. The lowest BCUT2D eigenvalue weighted by Gasteiger charge is -2.21. The van der Waals surface area contributed by atoms with Crippen molar-refractivity contribution < 1.29 is 8.42 Å². The SMILES string of the molecule is Cc1cc(NS(=O)(=O)NC(C)(C)C)ccc1N. The van der Waals surface area contributed by atoms with E-state index in [4.69, 9.17) is 5.73 Å². The van der Waals surface area contributed by atoms with Crippen LogP contribution in [0.4, 0.5) is 11.4 Å². The van der Waals surface area contributed by atoms with Crippen LogP contribution in [0.1, 0.15) is 26.3 Å². The quantitative estimate of drug-likeness (QED) is 0.719. The van der Waals surface area contributed by atoms with Gasteiger partial charge in [-0.25, -0.2) is 0 Å². The average molecular weight is 257 g/mol. The lowest BCUT2D eigenvalue weighted by Crippen LogP contribution is -2.43. The number of anilines is 2. The molecule has 0 unspecified atom stereocenters. The fraction of sp³-hybridized carbons (Fsp3) is 0.455. The first-order chi connectivity index (χ1) is 7.59. The molecule has 0 aliphatic carbocycles. The molecule has 0 aliphatic heterocycles. The summed E-state index contributed by atoms with van der Waals surface area (Å²) in [5.41, 5.74) is 7.11. The normalized spacial score (nSPS) is 12.5. The number of hydrogen-bond donors (Lipinski definition) is 3. The smallest absolute Gasteiger partial charge is 0.299 e. The fourth-order valence-electron chi connectivity index (χ4n) is 1.32. The molecule has 0 saturated heterocycles. The van der Waals surface area contributed by atoms with E-state index in [2.05, 4.69) is 9.44 Å². The molecule has 96 valence electrons. The van der Waals surface area contributed by atoms with E-state index in [0.717, 1.165) is 5.56 Å². The highest BCUT2D eigenvalue weighted by atomic mass is 32.2. The van der Waals surface area contributed by atoms with Crippen LogP contribution in [-0.2, 0) is 10.2 Å². The molecule has 6 heteroatoms. The first-order valence-corrected chi connectivity index (χ1v) is 6.75. The lowest BCUT2D eigenvalue weighted by molar-refractivity contribution is 0.494. The molecule has 5 nitrogen and oxygen atoms in total. The van der Waals surface area contributed by atoms with Gasteiger partial charge in [-0.2, -0.15) is 13.1 Å². The van der Waals surface area contributed by atoms with Crippen molar-refractivity contribution in [2.24, 2.45) is 0 Å². The van der Waals surface area contributed by atoms with Crippen LogP contribution in [0.3, 0.4) is 0 Å². The summed E-state index contributed by atoms with van der Waals surface area (Å²) in [7, 11) is -3.56. The molecule has 1 aromatic carbocycles. The number of benzene rings is 1. The number of nitrogen functional groups attached to an aromatic ring is 1. The van der Waals surface area contributed by atoms with Gasteiger partial charge in [0.25, 0.3) is 10.2 Å². The molecular weight excluding hydrogens is 238 g/mol. The highest BCUT2D eigenvalue weighted by Gasteiger charge is 2.19. The maximum Gasteiger partial charge on any atom is 0.299 e. The molecule has 1 rings (SSSR count). The number of aryl methyl sites for hydroxylation is 1. The number of rotatable bonds is 3. The number of nitrogens with one attached hydrogen (secondary N) is 2. The minimum absolute atomic E-state index is 0.494. The molecule has 4 N–H and O–H groups in total. The monoisotopic (exact) mass is 257 g/mol. The summed E-state index contributed by atoms with van der Waals surface area (Å²) in [6.07, 6.45) is 0. The van der Waals surface area contributed by atoms with Crippen LogP contribution < -0.4 is 15.2 Å². The zero-order chi connectivity index (χ0) is 13.3. The lowest BCUT2D eigenvalue weighted by atomic mass is 10.1.